The third kappa shape index (κ3) is 4.19. The molecule has 1 amide bonds. The number of nitrogens with zero attached hydrogens (tertiary/aromatic N) is 1. The summed E-state index contributed by atoms with van der Waals surface area (Å²) in [7, 11) is 3.61. The Labute approximate surface area is 126 Å². The van der Waals surface area contributed by atoms with E-state index in [9.17, 15) is 4.79 Å². The number of ether oxygens (including phenoxy) is 1. The average molecular weight is 291 g/mol. The van der Waals surface area contributed by atoms with Gasteiger partial charge in [-0.2, -0.15) is 0 Å². The SMILES string of the molecule is CNC1CCCN(C(C)C(=O)Nc2ccc(OC)cc2)C1. The van der Waals surface area contributed by atoms with Crippen molar-refractivity contribution in [3.8, 4) is 5.75 Å². The molecule has 116 valence electrons. The van der Waals surface area contributed by atoms with Gasteiger partial charge in [0.15, 0.2) is 0 Å². The number of likely N-dealkylation sites (N-methyl/N-ethyl adjacent to an activating group) is 1. The molecule has 1 aliphatic rings. The summed E-state index contributed by atoms with van der Waals surface area (Å²) >= 11 is 0. The van der Waals surface area contributed by atoms with Crippen molar-refractivity contribution in [3.63, 3.8) is 0 Å². The maximum Gasteiger partial charge on any atom is 0.241 e. The van der Waals surface area contributed by atoms with Gasteiger partial charge in [0, 0.05) is 18.3 Å². The quantitative estimate of drug-likeness (QED) is 0.867. The Morgan fingerprint density at radius 2 is 2.10 bits per heavy atom. The van der Waals surface area contributed by atoms with Crippen molar-refractivity contribution >= 4 is 11.6 Å². The number of hydrogen-bond donors (Lipinski definition) is 2. The van der Waals surface area contributed by atoms with Crippen LogP contribution >= 0.6 is 0 Å². The Kier molecular flexibility index (Phi) is 5.59. The molecule has 2 atom stereocenters. The van der Waals surface area contributed by atoms with Crippen molar-refractivity contribution in [2.45, 2.75) is 31.8 Å². The molecule has 0 aromatic heterocycles. The zero-order valence-corrected chi connectivity index (χ0v) is 13.1. The van der Waals surface area contributed by atoms with Gasteiger partial charge in [-0.05, 0) is 57.6 Å². The van der Waals surface area contributed by atoms with Crippen LogP contribution in [0.5, 0.6) is 5.75 Å². The summed E-state index contributed by atoms with van der Waals surface area (Å²) in [5.41, 5.74) is 0.801. The van der Waals surface area contributed by atoms with E-state index in [1.807, 2.05) is 38.2 Å². The van der Waals surface area contributed by atoms with Crippen LogP contribution in [0.15, 0.2) is 24.3 Å². The summed E-state index contributed by atoms with van der Waals surface area (Å²) in [4.78, 5) is 14.6. The minimum atomic E-state index is -0.122. The van der Waals surface area contributed by atoms with Crippen LogP contribution in [-0.2, 0) is 4.79 Å². The van der Waals surface area contributed by atoms with Gasteiger partial charge in [-0.15, -0.1) is 0 Å². The second kappa shape index (κ2) is 7.43. The average Bonchev–Trinajstić information content (AvgIpc) is 2.54. The van der Waals surface area contributed by atoms with Crippen molar-refractivity contribution < 1.29 is 9.53 Å². The molecule has 0 spiro atoms. The second-order valence-corrected chi connectivity index (χ2v) is 5.52. The van der Waals surface area contributed by atoms with Gasteiger partial charge in [-0.1, -0.05) is 0 Å². The van der Waals surface area contributed by atoms with E-state index in [-0.39, 0.29) is 11.9 Å². The van der Waals surface area contributed by atoms with Crippen LogP contribution in [0.1, 0.15) is 19.8 Å². The number of nitrogens with one attached hydrogen (secondary N) is 2. The number of amides is 1. The van der Waals surface area contributed by atoms with Gasteiger partial charge < -0.3 is 15.4 Å². The van der Waals surface area contributed by atoms with Crippen LogP contribution in [0.3, 0.4) is 0 Å². The van der Waals surface area contributed by atoms with Crippen molar-refractivity contribution in [3.05, 3.63) is 24.3 Å². The lowest BCUT2D eigenvalue weighted by Gasteiger charge is -2.35. The van der Waals surface area contributed by atoms with Crippen molar-refractivity contribution in [1.82, 2.24) is 10.2 Å². The van der Waals surface area contributed by atoms with Gasteiger partial charge in [-0.3, -0.25) is 9.69 Å². The number of likely N-dealkylation sites (tertiary alicyclic amines) is 1. The Hall–Kier alpha value is -1.59. The van der Waals surface area contributed by atoms with Crippen LogP contribution in [0.4, 0.5) is 5.69 Å². The van der Waals surface area contributed by atoms with E-state index in [2.05, 4.69) is 15.5 Å². The molecule has 1 fully saturated rings. The van der Waals surface area contributed by atoms with E-state index in [4.69, 9.17) is 4.74 Å². The van der Waals surface area contributed by atoms with Gasteiger partial charge in [0.2, 0.25) is 5.91 Å². The number of anilines is 1. The van der Waals surface area contributed by atoms with Gasteiger partial charge in [0.25, 0.3) is 0 Å². The number of piperidine rings is 1. The van der Waals surface area contributed by atoms with Gasteiger partial charge in [-0.25, -0.2) is 0 Å². The summed E-state index contributed by atoms with van der Waals surface area (Å²) < 4.78 is 5.11. The first-order valence-corrected chi connectivity index (χ1v) is 7.50. The molecule has 0 saturated carbocycles. The van der Waals surface area contributed by atoms with E-state index in [1.165, 1.54) is 6.42 Å². The van der Waals surface area contributed by atoms with Crippen molar-refractivity contribution in [1.29, 1.82) is 0 Å². The zero-order chi connectivity index (χ0) is 15.2. The fraction of sp³-hybridized carbons (Fsp3) is 0.562. The molecule has 1 heterocycles. The predicted octanol–water partition coefficient (Wildman–Crippen LogP) is 1.71. The molecule has 0 aliphatic carbocycles. The number of rotatable bonds is 5. The highest BCUT2D eigenvalue weighted by Crippen LogP contribution is 2.17. The molecular formula is C16H25N3O2. The number of methoxy groups -OCH3 is 1. The lowest BCUT2D eigenvalue weighted by molar-refractivity contribution is -0.121. The standard InChI is InChI=1S/C16H25N3O2/c1-12(19-10-4-5-14(11-19)17-2)16(20)18-13-6-8-15(21-3)9-7-13/h6-9,12,14,17H,4-5,10-11H2,1-3H3,(H,18,20). The molecular weight excluding hydrogens is 266 g/mol. The van der Waals surface area contributed by atoms with Gasteiger partial charge in [0.1, 0.15) is 5.75 Å². The number of hydrogen-bond acceptors (Lipinski definition) is 4. The normalized spacial score (nSPS) is 20.8. The topological polar surface area (TPSA) is 53.6 Å². The smallest absolute Gasteiger partial charge is 0.241 e. The molecule has 2 rings (SSSR count). The Balaban J connectivity index is 1.92. The van der Waals surface area contributed by atoms with Crippen LogP contribution in [0, 0.1) is 0 Å². The Bertz CT molecular complexity index is 461. The van der Waals surface area contributed by atoms with Crippen LogP contribution in [-0.4, -0.2) is 50.1 Å². The molecule has 1 aromatic rings. The third-order valence-corrected chi connectivity index (χ3v) is 4.15. The molecule has 2 unspecified atom stereocenters. The largest absolute Gasteiger partial charge is 0.497 e. The minimum absolute atomic E-state index is 0.0388. The molecule has 5 heteroatoms. The number of benzene rings is 1. The maximum absolute atomic E-state index is 12.4. The molecule has 1 saturated heterocycles. The summed E-state index contributed by atoms with van der Waals surface area (Å²) in [6, 6.07) is 7.76. The Morgan fingerprint density at radius 3 is 2.71 bits per heavy atom. The van der Waals surface area contributed by atoms with E-state index in [0.29, 0.717) is 6.04 Å². The van der Waals surface area contributed by atoms with Gasteiger partial charge >= 0.3 is 0 Å². The molecule has 5 nitrogen and oxygen atoms in total. The molecule has 1 aliphatic heterocycles. The van der Waals surface area contributed by atoms with Gasteiger partial charge in [0.05, 0.1) is 13.2 Å². The summed E-state index contributed by atoms with van der Waals surface area (Å²) in [5.74, 6) is 0.825. The minimum Gasteiger partial charge on any atom is -0.497 e. The fourth-order valence-corrected chi connectivity index (χ4v) is 2.68. The molecule has 0 radical (unpaired) electrons. The predicted molar refractivity (Wildman–Crippen MR) is 84.7 cm³/mol. The first-order valence-electron chi connectivity index (χ1n) is 7.50. The monoisotopic (exact) mass is 291 g/mol. The first kappa shape index (κ1) is 15.8. The van der Waals surface area contributed by atoms with E-state index in [0.717, 1.165) is 30.9 Å². The summed E-state index contributed by atoms with van der Waals surface area (Å²) in [6.07, 6.45) is 2.31. The highest BCUT2D eigenvalue weighted by atomic mass is 16.5. The van der Waals surface area contributed by atoms with Crippen LogP contribution in [0.2, 0.25) is 0 Å². The Morgan fingerprint density at radius 1 is 1.38 bits per heavy atom. The van der Waals surface area contributed by atoms with E-state index < -0.39 is 0 Å². The number of carbonyl (C=O) groups is 1. The molecule has 21 heavy (non-hydrogen) atoms. The molecule has 0 bridgehead atoms. The molecule has 2 N–H and O–H groups in total. The highest BCUT2D eigenvalue weighted by Gasteiger charge is 2.26. The lowest BCUT2D eigenvalue weighted by atomic mass is 10.0. The second-order valence-electron chi connectivity index (χ2n) is 5.52. The lowest BCUT2D eigenvalue weighted by Crippen LogP contribution is -2.51. The third-order valence-electron chi connectivity index (χ3n) is 4.15. The van der Waals surface area contributed by atoms with Crippen molar-refractivity contribution in [2.24, 2.45) is 0 Å². The summed E-state index contributed by atoms with van der Waals surface area (Å²) in [6.45, 7) is 3.87. The van der Waals surface area contributed by atoms with Crippen molar-refractivity contribution in [2.75, 3.05) is 32.6 Å². The molecule has 1 aromatic carbocycles. The fourth-order valence-electron chi connectivity index (χ4n) is 2.68. The maximum atomic E-state index is 12.4. The van der Waals surface area contributed by atoms with E-state index in [1.54, 1.807) is 7.11 Å². The van der Waals surface area contributed by atoms with E-state index >= 15 is 0 Å². The zero-order valence-electron chi connectivity index (χ0n) is 13.1. The van der Waals surface area contributed by atoms with Crippen LogP contribution < -0.4 is 15.4 Å². The first-order chi connectivity index (χ1) is 10.1. The van der Waals surface area contributed by atoms with Crippen LogP contribution in [0.25, 0.3) is 0 Å². The number of carbonyl (C=O) groups excluding carboxylic acids is 1. The summed E-state index contributed by atoms with van der Waals surface area (Å²) in [5, 5.41) is 6.27. The highest BCUT2D eigenvalue weighted by molar-refractivity contribution is 5.94.